The Kier molecular flexibility index (Phi) is 4.90. The summed E-state index contributed by atoms with van der Waals surface area (Å²) >= 11 is 1.63. The highest BCUT2D eigenvalue weighted by atomic mass is 32.1. The Morgan fingerprint density at radius 2 is 2.20 bits per heavy atom. The number of thiazole rings is 1. The van der Waals surface area contributed by atoms with Gasteiger partial charge < -0.3 is 4.42 Å². The van der Waals surface area contributed by atoms with Crippen molar-refractivity contribution in [2.45, 2.75) is 31.7 Å². The molecular formula is C19H20FN3OS. The Balaban J connectivity index is 1.41. The van der Waals surface area contributed by atoms with Crippen molar-refractivity contribution in [2.75, 3.05) is 13.1 Å². The van der Waals surface area contributed by atoms with Gasteiger partial charge in [0.25, 0.3) is 0 Å². The molecule has 25 heavy (non-hydrogen) atoms. The Morgan fingerprint density at radius 1 is 1.28 bits per heavy atom. The third-order valence-corrected chi connectivity index (χ3v) is 5.25. The minimum absolute atomic E-state index is 0.201. The molecule has 0 N–H and O–H groups in total. The van der Waals surface area contributed by atoms with Gasteiger partial charge in [-0.05, 0) is 31.0 Å². The third-order valence-electron chi connectivity index (χ3n) is 4.62. The number of hydrogen-bond acceptors (Lipinski definition) is 5. The van der Waals surface area contributed by atoms with Crippen molar-refractivity contribution >= 4 is 11.3 Å². The van der Waals surface area contributed by atoms with Gasteiger partial charge in [-0.2, -0.15) is 0 Å². The average Bonchev–Trinajstić information content (AvgIpc) is 3.29. The summed E-state index contributed by atoms with van der Waals surface area (Å²) in [7, 11) is 0. The molecule has 6 heteroatoms. The normalized spacial score (nSPS) is 18.5. The first-order valence-electron chi connectivity index (χ1n) is 8.55. The van der Waals surface area contributed by atoms with Crippen molar-refractivity contribution in [1.29, 1.82) is 0 Å². The van der Waals surface area contributed by atoms with E-state index < -0.39 is 0 Å². The fourth-order valence-electron chi connectivity index (χ4n) is 3.37. The van der Waals surface area contributed by atoms with Gasteiger partial charge in [-0.1, -0.05) is 18.2 Å². The van der Waals surface area contributed by atoms with Crippen LogP contribution in [-0.4, -0.2) is 28.0 Å². The van der Waals surface area contributed by atoms with E-state index >= 15 is 0 Å². The van der Waals surface area contributed by atoms with Gasteiger partial charge in [-0.3, -0.25) is 4.90 Å². The van der Waals surface area contributed by atoms with Crippen LogP contribution in [0.5, 0.6) is 0 Å². The summed E-state index contributed by atoms with van der Waals surface area (Å²) in [5.41, 5.74) is 3.64. The number of benzene rings is 1. The molecule has 3 aromatic rings. The van der Waals surface area contributed by atoms with Gasteiger partial charge in [0.2, 0.25) is 0 Å². The van der Waals surface area contributed by atoms with E-state index in [1.54, 1.807) is 29.7 Å². The zero-order valence-electron chi connectivity index (χ0n) is 13.9. The molecule has 1 aromatic carbocycles. The Hall–Kier alpha value is -2.05. The lowest BCUT2D eigenvalue weighted by Gasteiger charge is -2.30. The lowest BCUT2D eigenvalue weighted by Crippen LogP contribution is -2.34. The lowest BCUT2D eigenvalue weighted by molar-refractivity contribution is 0.183. The Morgan fingerprint density at radius 3 is 3.04 bits per heavy atom. The van der Waals surface area contributed by atoms with Crippen LogP contribution < -0.4 is 0 Å². The predicted octanol–water partition coefficient (Wildman–Crippen LogP) is 4.24. The maximum atomic E-state index is 13.8. The number of rotatable bonds is 5. The second-order valence-corrected chi connectivity index (χ2v) is 7.21. The quantitative estimate of drug-likeness (QED) is 0.685. The zero-order chi connectivity index (χ0) is 17.1. The van der Waals surface area contributed by atoms with E-state index in [4.69, 9.17) is 4.42 Å². The fourth-order valence-corrected chi connectivity index (χ4v) is 3.92. The van der Waals surface area contributed by atoms with Crippen LogP contribution in [0.3, 0.4) is 0 Å². The molecule has 1 atom stereocenters. The van der Waals surface area contributed by atoms with Crippen LogP contribution in [0.15, 0.2) is 45.8 Å². The zero-order valence-corrected chi connectivity index (χ0v) is 14.7. The average molecular weight is 357 g/mol. The molecule has 0 amide bonds. The molecule has 2 aromatic heterocycles. The van der Waals surface area contributed by atoms with E-state index in [1.807, 2.05) is 11.6 Å². The standard InChI is InChI=1S/C19H20FN3OS/c20-18-6-2-1-4-14(18)8-17-9-21-19(24-17)15-5-3-7-23(10-15)11-16-12-25-13-22-16/h1-2,4,6,9,12-13,15H,3,5,7-8,10-11H2. The van der Waals surface area contributed by atoms with Crippen molar-refractivity contribution in [1.82, 2.24) is 14.9 Å². The number of piperidine rings is 1. The first-order chi connectivity index (χ1) is 12.3. The third kappa shape index (κ3) is 3.96. The molecule has 1 aliphatic heterocycles. The number of oxazole rings is 1. The van der Waals surface area contributed by atoms with Gasteiger partial charge in [0.15, 0.2) is 5.89 Å². The summed E-state index contributed by atoms with van der Waals surface area (Å²) in [5, 5.41) is 2.10. The number of aromatic nitrogens is 2. The number of nitrogens with zero attached hydrogens (tertiary/aromatic N) is 3. The highest BCUT2D eigenvalue weighted by molar-refractivity contribution is 7.07. The topological polar surface area (TPSA) is 42.2 Å². The molecule has 1 aliphatic rings. The molecule has 0 radical (unpaired) electrons. The van der Waals surface area contributed by atoms with Crippen LogP contribution >= 0.6 is 11.3 Å². The second-order valence-electron chi connectivity index (χ2n) is 6.49. The number of hydrogen-bond donors (Lipinski definition) is 0. The van der Waals surface area contributed by atoms with Crippen LogP contribution in [-0.2, 0) is 13.0 Å². The maximum absolute atomic E-state index is 13.8. The fraction of sp³-hybridized carbons (Fsp3) is 0.368. The van der Waals surface area contributed by atoms with Crippen molar-refractivity contribution in [3.8, 4) is 0 Å². The summed E-state index contributed by atoms with van der Waals surface area (Å²) in [6.07, 6.45) is 4.38. The van der Waals surface area contributed by atoms with E-state index in [9.17, 15) is 4.39 Å². The van der Waals surface area contributed by atoms with Crippen LogP contribution in [0.1, 0.15) is 41.7 Å². The van der Waals surface area contributed by atoms with Gasteiger partial charge >= 0.3 is 0 Å². The molecule has 1 fully saturated rings. The van der Waals surface area contributed by atoms with Crippen molar-refractivity contribution < 1.29 is 8.81 Å². The highest BCUT2D eigenvalue weighted by Gasteiger charge is 2.25. The SMILES string of the molecule is Fc1ccccc1Cc1cnc(C2CCCN(Cc3cscn3)C2)o1. The molecule has 0 aliphatic carbocycles. The van der Waals surface area contributed by atoms with Crippen LogP contribution in [0.2, 0.25) is 0 Å². The second kappa shape index (κ2) is 7.45. The molecule has 130 valence electrons. The smallest absolute Gasteiger partial charge is 0.198 e. The number of likely N-dealkylation sites (tertiary alicyclic amines) is 1. The minimum Gasteiger partial charge on any atom is -0.445 e. The van der Waals surface area contributed by atoms with Crippen molar-refractivity contribution in [3.05, 3.63) is 70.1 Å². The van der Waals surface area contributed by atoms with Crippen LogP contribution in [0.4, 0.5) is 4.39 Å². The van der Waals surface area contributed by atoms with Gasteiger partial charge in [-0.25, -0.2) is 14.4 Å². The minimum atomic E-state index is -0.201. The van der Waals surface area contributed by atoms with E-state index in [-0.39, 0.29) is 5.82 Å². The first-order valence-corrected chi connectivity index (χ1v) is 9.49. The van der Waals surface area contributed by atoms with E-state index in [0.717, 1.165) is 49.8 Å². The Labute approximate surface area is 150 Å². The molecule has 0 spiro atoms. The van der Waals surface area contributed by atoms with Crippen LogP contribution in [0, 0.1) is 5.82 Å². The predicted molar refractivity (Wildman–Crippen MR) is 95.1 cm³/mol. The maximum Gasteiger partial charge on any atom is 0.198 e. The first kappa shape index (κ1) is 16.4. The molecule has 4 rings (SSSR count). The molecular weight excluding hydrogens is 337 g/mol. The van der Waals surface area contributed by atoms with Crippen molar-refractivity contribution in [2.24, 2.45) is 0 Å². The summed E-state index contributed by atoms with van der Waals surface area (Å²) in [6, 6.07) is 6.80. The summed E-state index contributed by atoms with van der Waals surface area (Å²) in [4.78, 5) is 11.2. The number of halogens is 1. The molecule has 3 heterocycles. The van der Waals surface area contributed by atoms with Crippen molar-refractivity contribution in [3.63, 3.8) is 0 Å². The molecule has 0 bridgehead atoms. The van der Waals surface area contributed by atoms with Crippen LogP contribution in [0.25, 0.3) is 0 Å². The molecule has 1 unspecified atom stereocenters. The molecule has 1 saturated heterocycles. The summed E-state index contributed by atoms with van der Waals surface area (Å²) in [5.74, 6) is 1.58. The van der Waals surface area contributed by atoms with E-state index in [1.165, 1.54) is 6.07 Å². The molecule has 4 nitrogen and oxygen atoms in total. The summed E-state index contributed by atoms with van der Waals surface area (Å²) in [6.45, 7) is 2.89. The van der Waals surface area contributed by atoms with Gasteiger partial charge in [-0.15, -0.1) is 11.3 Å². The van der Waals surface area contributed by atoms with Gasteiger partial charge in [0, 0.05) is 30.8 Å². The summed E-state index contributed by atoms with van der Waals surface area (Å²) < 4.78 is 19.7. The largest absolute Gasteiger partial charge is 0.445 e. The Bertz CT molecular complexity index is 818. The highest BCUT2D eigenvalue weighted by Crippen LogP contribution is 2.28. The van der Waals surface area contributed by atoms with E-state index in [0.29, 0.717) is 17.9 Å². The van der Waals surface area contributed by atoms with Gasteiger partial charge in [0.05, 0.1) is 17.4 Å². The molecule has 0 saturated carbocycles. The lowest BCUT2D eigenvalue weighted by atomic mass is 9.98. The van der Waals surface area contributed by atoms with Gasteiger partial charge in [0.1, 0.15) is 11.6 Å². The van der Waals surface area contributed by atoms with E-state index in [2.05, 4.69) is 20.2 Å². The monoisotopic (exact) mass is 357 g/mol.